The molecule has 2 amide bonds. The topological polar surface area (TPSA) is 283 Å². The maximum absolute atomic E-state index is 14.7. The van der Waals surface area contributed by atoms with Crippen molar-refractivity contribution in [3.63, 3.8) is 0 Å². The first-order valence-corrected chi connectivity index (χ1v) is 20.7. The van der Waals surface area contributed by atoms with Gasteiger partial charge in [-0.25, -0.2) is 9.97 Å². The monoisotopic (exact) mass is 934 g/mol. The average molecular weight is 935 g/mol. The third kappa shape index (κ3) is 11.1. The van der Waals surface area contributed by atoms with Gasteiger partial charge in [-0.15, -0.1) is 0 Å². The van der Waals surface area contributed by atoms with Gasteiger partial charge in [0.15, 0.2) is 17.9 Å². The lowest BCUT2D eigenvalue weighted by molar-refractivity contribution is -0.140. The van der Waals surface area contributed by atoms with Crippen LogP contribution in [0, 0.1) is 16.2 Å². The Morgan fingerprint density at radius 1 is 0.576 bits per heavy atom. The summed E-state index contributed by atoms with van der Waals surface area (Å²) >= 11 is 0. The molecule has 0 radical (unpaired) electrons. The molecule has 5 heterocycles. The first-order valence-electron chi connectivity index (χ1n) is 20.7. The Kier molecular flexibility index (Phi) is 13.4. The van der Waals surface area contributed by atoms with Gasteiger partial charge in [0, 0.05) is 70.2 Å². The minimum Gasteiger partial charge on any atom is -0.488 e. The van der Waals surface area contributed by atoms with Crippen LogP contribution in [-0.4, -0.2) is 143 Å². The van der Waals surface area contributed by atoms with Crippen LogP contribution in [0.3, 0.4) is 0 Å². The molecule has 0 aliphatic carbocycles. The lowest BCUT2D eigenvalue weighted by Gasteiger charge is -2.23. The van der Waals surface area contributed by atoms with Crippen LogP contribution in [0.4, 0.5) is 37.7 Å². The summed E-state index contributed by atoms with van der Waals surface area (Å²) in [4.78, 5) is 41.7. The molecule has 3 aromatic rings. The van der Waals surface area contributed by atoms with E-state index >= 15 is 0 Å². The number of carbonyl (C=O) groups excluding carboxylic acids is 2. The molecule has 4 fully saturated rings. The third-order valence-corrected chi connectivity index (χ3v) is 11.4. The van der Waals surface area contributed by atoms with E-state index in [4.69, 9.17) is 52.4 Å². The Balaban J connectivity index is 1.16. The van der Waals surface area contributed by atoms with Crippen LogP contribution < -0.4 is 46.8 Å². The number of alkyl halides is 6. The molecule has 26 heteroatoms. The van der Waals surface area contributed by atoms with Crippen molar-refractivity contribution in [1.82, 2.24) is 29.6 Å². The highest BCUT2D eigenvalue weighted by molar-refractivity contribution is 6.07. The number of likely N-dealkylation sites (N-methyl/N-ethyl adjacent to an activating group) is 1. The number of carbonyl (C=O) groups is 2. The number of halogens is 6. The van der Waals surface area contributed by atoms with Gasteiger partial charge in [0.25, 0.3) is 11.8 Å². The number of nitrogens with one attached hydrogen (secondary N) is 5. The number of hydrogen-bond donors (Lipinski definition) is 8. The normalized spacial score (nSPS) is 21.2. The lowest BCUT2D eigenvalue weighted by Crippen LogP contribution is -2.36. The van der Waals surface area contributed by atoms with E-state index in [0.29, 0.717) is 51.2 Å². The molecule has 4 atom stereocenters. The van der Waals surface area contributed by atoms with Gasteiger partial charge in [-0.3, -0.25) is 25.8 Å². The van der Waals surface area contributed by atoms with Gasteiger partial charge in [-0.2, -0.15) is 26.3 Å². The van der Waals surface area contributed by atoms with Gasteiger partial charge >= 0.3 is 12.4 Å². The van der Waals surface area contributed by atoms with Crippen molar-refractivity contribution in [2.24, 2.45) is 17.2 Å². The number of ether oxygens (including phenoxy) is 4. The highest BCUT2D eigenvalue weighted by atomic mass is 19.4. The molecule has 66 heavy (non-hydrogen) atoms. The van der Waals surface area contributed by atoms with E-state index < -0.39 is 94.0 Å². The van der Waals surface area contributed by atoms with Gasteiger partial charge in [-0.05, 0) is 25.6 Å². The van der Waals surface area contributed by atoms with Crippen LogP contribution in [0.5, 0.6) is 23.0 Å². The number of benzene rings is 2. The second-order valence-corrected chi connectivity index (χ2v) is 16.3. The minimum absolute atomic E-state index is 0.0410. The number of hydrogen-bond acceptors (Lipinski definition) is 12. The van der Waals surface area contributed by atoms with Crippen LogP contribution >= 0.6 is 0 Å². The lowest BCUT2D eigenvalue weighted by atomic mass is 10.1. The van der Waals surface area contributed by atoms with E-state index in [0.717, 1.165) is 24.5 Å². The highest BCUT2D eigenvalue weighted by Gasteiger charge is 2.40. The predicted molar refractivity (Wildman–Crippen MR) is 225 cm³/mol. The first kappa shape index (κ1) is 47.0. The zero-order valence-electron chi connectivity index (χ0n) is 35.4. The number of anilines is 2. The fourth-order valence-corrected chi connectivity index (χ4v) is 7.97. The quantitative estimate of drug-likeness (QED) is 0.0736. The van der Waals surface area contributed by atoms with Crippen molar-refractivity contribution in [3.05, 3.63) is 59.2 Å². The van der Waals surface area contributed by atoms with Crippen molar-refractivity contribution < 1.29 is 54.9 Å². The number of rotatable bonds is 12. The minimum atomic E-state index is -5.01. The molecule has 4 aliphatic rings. The molecule has 7 rings (SSSR count). The largest absolute Gasteiger partial charge is 0.488 e. The summed E-state index contributed by atoms with van der Waals surface area (Å²) in [5, 5.41) is 27.9. The summed E-state index contributed by atoms with van der Waals surface area (Å²) in [6.45, 7) is 2.15. The molecular weight excluding hydrogens is 887 g/mol. The Morgan fingerprint density at radius 3 is 1.24 bits per heavy atom. The second-order valence-electron chi connectivity index (χ2n) is 16.3. The van der Waals surface area contributed by atoms with Gasteiger partial charge in [-0.1, -0.05) is 0 Å². The molecule has 0 bridgehead atoms. The SMILES string of the molecule is CN1CCC(Oc2cc(OC3CCN(C(=N)N)C3)c(C(F)(F)F)cc2NC(=O)c2cc(C(=O)Nc3cc(C(F)(F)F)c(O[C@@H]4CCN(C(=N)N)C4)cc3O[C@@H]3CCN(C(=N)N)C3)ncn2)C1. The zero-order valence-corrected chi connectivity index (χ0v) is 35.4. The van der Waals surface area contributed by atoms with Crippen molar-refractivity contribution in [2.45, 2.75) is 62.5 Å². The van der Waals surface area contributed by atoms with E-state index in [2.05, 4.69) is 20.6 Å². The molecular formula is C40H48F6N14O6. The summed E-state index contributed by atoms with van der Waals surface area (Å²) in [5.74, 6) is -4.57. The summed E-state index contributed by atoms with van der Waals surface area (Å²) in [5.41, 5.74) is 12.4. The number of amides is 2. The van der Waals surface area contributed by atoms with Gasteiger partial charge in [0.2, 0.25) is 0 Å². The zero-order chi connectivity index (χ0) is 47.7. The van der Waals surface area contributed by atoms with E-state index in [1.165, 1.54) is 14.7 Å². The molecule has 1 aromatic heterocycles. The van der Waals surface area contributed by atoms with Gasteiger partial charge in [0.05, 0.1) is 42.1 Å². The molecule has 0 saturated carbocycles. The smallest absolute Gasteiger partial charge is 0.420 e. The van der Waals surface area contributed by atoms with Crippen molar-refractivity contribution >= 4 is 41.1 Å². The van der Waals surface area contributed by atoms with Crippen molar-refractivity contribution in [1.29, 1.82) is 16.2 Å². The average Bonchev–Trinajstić information content (AvgIpc) is 4.08. The Bertz CT molecular complexity index is 2370. The molecule has 4 aliphatic heterocycles. The highest BCUT2D eigenvalue weighted by Crippen LogP contribution is 2.45. The van der Waals surface area contributed by atoms with Crippen LogP contribution in [0.15, 0.2) is 36.7 Å². The number of guanidine groups is 3. The number of nitrogens with zero attached hydrogens (tertiary/aromatic N) is 6. The molecule has 356 valence electrons. The van der Waals surface area contributed by atoms with Gasteiger partial charge in [0.1, 0.15) is 65.1 Å². The van der Waals surface area contributed by atoms with E-state index in [-0.39, 0.29) is 68.4 Å². The predicted octanol–water partition coefficient (Wildman–Crippen LogP) is 3.14. The standard InChI is InChI=1S/C40H48F6N14O6/c1-57-6-2-20(15-57)65-32-13-30(63-21-3-7-58(16-21)36(47)48)24(39(41,42)43)10-26(32)55-34(61)28-12-29(54-19-53-28)35(62)56-27-11-25(40(44,45)46)31(64-22-4-8-59(17-22)37(49)50)14-33(27)66-23-5-9-60(18-23)38(51)52/h10-14,19-23H,2-9,15-18H2,1H3,(H3,47,48)(H3,49,50)(H3,51,52)(H,55,61)(H,56,62)/t20?,21?,22-,23-/m1/s1. The number of nitrogens with two attached hydrogens (primary N) is 3. The summed E-state index contributed by atoms with van der Waals surface area (Å²) in [7, 11) is 1.84. The third-order valence-electron chi connectivity index (χ3n) is 11.4. The molecule has 4 saturated heterocycles. The molecule has 11 N–H and O–H groups in total. The van der Waals surface area contributed by atoms with Crippen molar-refractivity contribution in [3.8, 4) is 23.0 Å². The molecule has 20 nitrogen and oxygen atoms in total. The molecule has 2 unspecified atom stereocenters. The second kappa shape index (κ2) is 18.9. The number of likely N-dealkylation sites (tertiary alicyclic amines) is 4. The fraction of sp³-hybridized carbons (Fsp3) is 0.475. The van der Waals surface area contributed by atoms with Crippen LogP contribution in [0.2, 0.25) is 0 Å². The molecule has 2 aromatic carbocycles. The fourth-order valence-electron chi connectivity index (χ4n) is 7.97. The van der Waals surface area contributed by atoms with Crippen molar-refractivity contribution in [2.75, 3.05) is 70.0 Å². The molecule has 0 spiro atoms. The maximum atomic E-state index is 14.7. The summed E-state index contributed by atoms with van der Waals surface area (Å²) < 4.78 is 112. The summed E-state index contributed by atoms with van der Waals surface area (Å²) in [6.07, 6.45) is -10.5. The number of aromatic nitrogens is 2. The summed E-state index contributed by atoms with van der Waals surface area (Å²) in [6, 6.07) is 4.19. The van der Waals surface area contributed by atoms with Crippen LogP contribution in [0.1, 0.15) is 57.8 Å². The Hall–Kier alpha value is -6.99. The van der Waals surface area contributed by atoms with Crippen LogP contribution in [0.25, 0.3) is 0 Å². The van der Waals surface area contributed by atoms with E-state index in [1.54, 1.807) is 0 Å². The van der Waals surface area contributed by atoms with Gasteiger partial charge < -0.3 is 66.4 Å². The first-order chi connectivity index (χ1) is 31.1. The Labute approximate surface area is 373 Å². The maximum Gasteiger partial charge on any atom is 0.420 e. The van der Waals surface area contributed by atoms with Crippen LogP contribution in [-0.2, 0) is 12.4 Å². The Morgan fingerprint density at radius 2 is 0.924 bits per heavy atom. The van der Waals surface area contributed by atoms with E-state index in [1.807, 2.05) is 11.9 Å². The van der Waals surface area contributed by atoms with E-state index in [9.17, 15) is 35.9 Å².